The zero-order valence-corrected chi connectivity index (χ0v) is 30.3. The van der Waals surface area contributed by atoms with Crippen molar-refractivity contribution in [2.24, 2.45) is 0 Å². The van der Waals surface area contributed by atoms with E-state index in [4.69, 9.17) is 19.9 Å². The molecule has 0 aliphatic carbocycles. The lowest BCUT2D eigenvalue weighted by Crippen LogP contribution is -1.99. The predicted octanol–water partition coefficient (Wildman–Crippen LogP) is 12.1. The van der Waals surface area contributed by atoms with Gasteiger partial charge >= 0.3 is 0 Å². The molecule has 0 unspecified atom stereocenters. The number of aromatic nitrogens is 5. The van der Waals surface area contributed by atoms with Gasteiger partial charge in [0.1, 0.15) is 17.3 Å². The van der Waals surface area contributed by atoms with Crippen LogP contribution in [0.25, 0.3) is 76.1 Å². The molecule has 6 nitrogen and oxygen atoms in total. The molecule has 0 radical (unpaired) electrons. The average molecular weight is 710 g/mol. The molecule has 10 aromatic rings. The van der Waals surface area contributed by atoms with E-state index < -0.39 is 0 Å². The Labute approximate surface area is 308 Å². The molecule has 0 saturated heterocycles. The summed E-state index contributed by atoms with van der Waals surface area (Å²) in [4.78, 5) is 6.04. The SMILES string of the molecule is Cc1cc(C)c(-c2nnc3c4cc(Oc5ccc6c7ccccc7n(-c7ncc(-c8ccccc8C)s7)c6c5)ccc4c4c(F)cccc4n23)c(C)c1. The Morgan fingerprint density at radius 2 is 1.34 bits per heavy atom. The maximum absolute atomic E-state index is 15.8. The molecular formula is C45H32FN5OS. The van der Waals surface area contributed by atoms with Crippen LogP contribution >= 0.6 is 11.3 Å². The predicted molar refractivity (Wildman–Crippen MR) is 214 cm³/mol. The van der Waals surface area contributed by atoms with Crippen LogP contribution in [0.5, 0.6) is 11.5 Å². The molecule has 0 fully saturated rings. The number of benzene rings is 6. The van der Waals surface area contributed by atoms with Crippen LogP contribution in [0.1, 0.15) is 22.3 Å². The second-order valence-electron chi connectivity index (χ2n) is 13.8. The van der Waals surface area contributed by atoms with Crippen LogP contribution in [0.2, 0.25) is 0 Å². The Bertz CT molecular complexity index is 3090. The quantitative estimate of drug-likeness (QED) is 0.167. The van der Waals surface area contributed by atoms with Gasteiger partial charge in [-0.3, -0.25) is 8.97 Å². The number of aryl methyl sites for hydroxylation is 4. The molecule has 0 aliphatic rings. The molecule has 0 bridgehead atoms. The summed E-state index contributed by atoms with van der Waals surface area (Å²) in [5.41, 5.74) is 10.2. The summed E-state index contributed by atoms with van der Waals surface area (Å²) in [6.45, 7) is 8.38. The Balaban J connectivity index is 1.13. The number of hydrogen-bond acceptors (Lipinski definition) is 5. The maximum atomic E-state index is 15.8. The van der Waals surface area contributed by atoms with Crippen LogP contribution in [0.3, 0.4) is 0 Å². The number of ether oxygens (including phenoxy) is 1. The minimum atomic E-state index is -0.300. The lowest BCUT2D eigenvalue weighted by molar-refractivity contribution is 0.484. The van der Waals surface area contributed by atoms with E-state index in [1.54, 1.807) is 17.4 Å². The van der Waals surface area contributed by atoms with Crippen molar-refractivity contribution in [1.29, 1.82) is 0 Å². The van der Waals surface area contributed by atoms with E-state index >= 15 is 4.39 Å². The molecule has 0 amide bonds. The van der Waals surface area contributed by atoms with Crippen molar-refractivity contribution in [2.45, 2.75) is 27.7 Å². The zero-order chi connectivity index (χ0) is 36.0. The lowest BCUT2D eigenvalue weighted by Gasteiger charge is -2.14. The third-order valence-electron chi connectivity index (χ3n) is 10.3. The van der Waals surface area contributed by atoms with E-state index in [1.807, 2.05) is 40.9 Å². The summed E-state index contributed by atoms with van der Waals surface area (Å²) in [5.74, 6) is 1.67. The van der Waals surface area contributed by atoms with Gasteiger partial charge in [-0.1, -0.05) is 77.6 Å². The van der Waals surface area contributed by atoms with Gasteiger partial charge < -0.3 is 4.74 Å². The van der Waals surface area contributed by atoms with Crippen molar-refractivity contribution in [2.75, 3.05) is 0 Å². The summed E-state index contributed by atoms with van der Waals surface area (Å²) in [6.07, 6.45) is 1.96. The Hall–Kier alpha value is -6.38. The van der Waals surface area contributed by atoms with E-state index in [1.165, 1.54) is 22.8 Å². The first kappa shape index (κ1) is 31.4. The van der Waals surface area contributed by atoms with Crippen LogP contribution in [0.4, 0.5) is 4.39 Å². The first-order valence-corrected chi connectivity index (χ1v) is 18.4. The van der Waals surface area contributed by atoms with Crippen LogP contribution < -0.4 is 4.74 Å². The van der Waals surface area contributed by atoms with Crippen molar-refractivity contribution in [3.8, 4) is 38.5 Å². The fourth-order valence-electron chi connectivity index (χ4n) is 8.04. The van der Waals surface area contributed by atoms with Gasteiger partial charge in [-0.25, -0.2) is 9.37 Å². The van der Waals surface area contributed by atoms with Crippen LogP contribution in [0.15, 0.2) is 121 Å². The highest BCUT2D eigenvalue weighted by molar-refractivity contribution is 7.17. The molecule has 0 spiro atoms. The summed E-state index contributed by atoms with van der Waals surface area (Å²) >= 11 is 1.67. The summed E-state index contributed by atoms with van der Waals surface area (Å²) < 4.78 is 26.6. The van der Waals surface area contributed by atoms with Gasteiger partial charge in [-0.2, -0.15) is 0 Å². The van der Waals surface area contributed by atoms with Crippen molar-refractivity contribution >= 4 is 60.5 Å². The molecule has 4 aromatic heterocycles. The normalized spacial score (nSPS) is 11.9. The monoisotopic (exact) mass is 709 g/mol. The van der Waals surface area contributed by atoms with E-state index in [2.05, 4.69) is 105 Å². The van der Waals surface area contributed by atoms with Gasteiger partial charge in [0.25, 0.3) is 0 Å². The van der Waals surface area contributed by atoms with E-state index in [9.17, 15) is 0 Å². The van der Waals surface area contributed by atoms with Gasteiger partial charge in [0.15, 0.2) is 16.6 Å². The first-order chi connectivity index (χ1) is 25.8. The molecule has 53 heavy (non-hydrogen) atoms. The van der Waals surface area contributed by atoms with E-state index in [0.717, 1.165) is 59.3 Å². The maximum Gasteiger partial charge on any atom is 0.195 e. The number of hydrogen-bond donors (Lipinski definition) is 0. The Morgan fingerprint density at radius 3 is 2.17 bits per heavy atom. The number of para-hydroxylation sites is 1. The smallest absolute Gasteiger partial charge is 0.195 e. The summed E-state index contributed by atoms with van der Waals surface area (Å²) in [5, 5.41) is 14.6. The van der Waals surface area contributed by atoms with Gasteiger partial charge in [-0.15, -0.1) is 10.2 Å². The molecule has 6 aromatic carbocycles. The molecule has 0 N–H and O–H groups in total. The van der Waals surface area contributed by atoms with Crippen molar-refractivity contribution < 1.29 is 9.13 Å². The molecule has 4 heterocycles. The van der Waals surface area contributed by atoms with Gasteiger partial charge in [0, 0.05) is 39.4 Å². The number of rotatable bonds is 5. The number of fused-ring (bicyclic) bond motifs is 9. The van der Waals surface area contributed by atoms with Crippen molar-refractivity contribution in [3.63, 3.8) is 0 Å². The zero-order valence-electron chi connectivity index (χ0n) is 29.5. The van der Waals surface area contributed by atoms with Gasteiger partial charge in [0.05, 0.1) is 21.4 Å². The molecule has 10 rings (SSSR count). The second kappa shape index (κ2) is 11.8. The number of halogens is 1. The summed E-state index contributed by atoms with van der Waals surface area (Å²) in [6, 6.07) is 38.2. The Morgan fingerprint density at radius 1 is 0.623 bits per heavy atom. The fourth-order valence-corrected chi connectivity index (χ4v) is 9.07. The third-order valence-corrected chi connectivity index (χ3v) is 11.3. The highest BCUT2D eigenvalue weighted by Gasteiger charge is 2.21. The molecule has 0 aliphatic heterocycles. The molecule has 0 saturated carbocycles. The minimum absolute atomic E-state index is 0.300. The molecule has 256 valence electrons. The molecule has 8 heteroatoms. The van der Waals surface area contributed by atoms with Crippen molar-refractivity contribution in [1.82, 2.24) is 24.1 Å². The minimum Gasteiger partial charge on any atom is -0.457 e. The standard InChI is InChI=1S/C45H32FN5OS/c1-25-20-27(3)41(28(4)21-25)44-49-48-43-35-22-29(17-19-34(35)42-36(46)13-9-15-38(42)51(43)44)52-30-16-18-33-32-12-7-8-14-37(32)50(39(33)23-30)45-47-24-40(53-45)31-11-6-5-10-26(31)2/h5-24H,1-4H3. The average Bonchev–Trinajstić information content (AvgIpc) is 3.88. The topological polar surface area (TPSA) is 57.2 Å². The lowest BCUT2D eigenvalue weighted by atomic mass is 9.99. The fraction of sp³-hybridized carbons (Fsp3) is 0.0889. The van der Waals surface area contributed by atoms with Gasteiger partial charge in [-0.05, 0) is 104 Å². The summed E-state index contributed by atoms with van der Waals surface area (Å²) in [7, 11) is 0. The van der Waals surface area contributed by atoms with Crippen molar-refractivity contribution in [3.05, 3.63) is 150 Å². The number of pyridine rings is 1. The van der Waals surface area contributed by atoms with Crippen LogP contribution in [-0.2, 0) is 0 Å². The number of nitrogens with zero attached hydrogens (tertiary/aromatic N) is 5. The first-order valence-electron chi connectivity index (χ1n) is 17.5. The highest BCUT2D eigenvalue weighted by atomic mass is 32.1. The van der Waals surface area contributed by atoms with Crippen LogP contribution in [0, 0.1) is 33.5 Å². The largest absolute Gasteiger partial charge is 0.457 e. The van der Waals surface area contributed by atoms with Gasteiger partial charge in [0.2, 0.25) is 0 Å². The molecular weight excluding hydrogens is 678 g/mol. The number of thiazole rings is 1. The third kappa shape index (κ3) is 4.86. The Kier molecular flexibility index (Phi) is 7.00. The second-order valence-corrected chi connectivity index (χ2v) is 14.8. The molecule has 0 atom stereocenters. The van der Waals surface area contributed by atoms with E-state index in [0.29, 0.717) is 33.9 Å². The highest BCUT2D eigenvalue weighted by Crippen LogP contribution is 2.40. The van der Waals surface area contributed by atoms with Crippen LogP contribution in [-0.4, -0.2) is 24.1 Å². The van der Waals surface area contributed by atoms with E-state index in [-0.39, 0.29) is 5.82 Å².